The second kappa shape index (κ2) is 8.22. The summed E-state index contributed by atoms with van der Waals surface area (Å²) in [6.07, 6.45) is 1.32. The molecule has 0 atom stereocenters. The summed E-state index contributed by atoms with van der Waals surface area (Å²) in [5, 5.41) is 21.4. The third-order valence-corrected chi connectivity index (χ3v) is 4.19. The second-order valence-corrected chi connectivity index (χ2v) is 6.32. The van der Waals surface area contributed by atoms with Crippen molar-refractivity contribution in [2.24, 2.45) is 7.05 Å². The number of nitrogens with zero attached hydrogens (tertiary/aromatic N) is 5. The predicted molar refractivity (Wildman–Crippen MR) is 106 cm³/mol. The van der Waals surface area contributed by atoms with Gasteiger partial charge in [-0.05, 0) is 18.6 Å². The zero-order valence-electron chi connectivity index (χ0n) is 18.4. The largest absolute Gasteiger partial charge is 0.494 e. The maximum atomic E-state index is 12.1. The van der Waals surface area contributed by atoms with E-state index in [4.69, 9.17) is 20.5 Å². The molecule has 0 saturated carbocycles. The molecule has 1 aromatic carbocycles. The van der Waals surface area contributed by atoms with Crippen molar-refractivity contribution in [1.29, 1.82) is 0 Å². The van der Waals surface area contributed by atoms with E-state index in [1.807, 2.05) is 18.3 Å². The van der Waals surface area contributed by atoms with Crippen LogP contribution in [0.15, 0.2) is 24.4 Å². The van der Waals surface area contributed by atoms with E-state index in [1.165, 1.54) is 18.0 Å². The van der Waals surface area contributed by atoms with E-state index in [-0.39, 0.29) is 17.3 Å². The van der Waals surface area contributed by atoms with Crippen LogP contribution in [0.4, 0.5) is 11.4 Å². The summed E-state index contributed by atoms with van der Waals surface area (Å²) in [6.45, 7) is -0.678. The molecule has 0 saturated heterocycles. The molecule has 2 aromatic heterocycles. The number of halogens is 1. The molecule has 9 nitrogen and oxygen atoms in total. The Morgan fingerprint density at radius 1 is 1.36 bits per heavy atom. The molecule has 1 amide bonds. The van der Waals surface area contributed by atoms with E-state index in [0.29, 0.717) is 22.8 Å². The van der Waals surface area contributed by atoms with E-state index >= 15 is 0 Å². The van der Waals surface area contributed by atoms with Crippen molar-refractivity contribution in [2.75, 3.05) is 19.4 Å². The molecule has 0 aliphatic rings. The van der Waals surface area contributed by atoms with Crippen LogP contribution in [0, 0.1) is 6.92 Å². The Morgan fingerprint density at radius 3 is 2.86 bits per heavy atom. The van der Waals surface area contributed by atoms with Gasteiger partial charge in [0.2, 0.25) is 5.91 Å². The monoisotopic (exact) mass is 404 g/mol. The van der Waals surface area contributed by atoms with Crippen LogP contribution >= 0.6 is 11.6 Å². The molecule has 0 fully saturated rings. The Kier molecular flexibility index (Phi) is 4.64. The molecule has 0 spiro atoms. The molecule has 0 aliphatic carbocycles. The van der Waals surface area contributed by atoms with Gasteiger partial charge in [0.1, 0.15) is 5.69 Å². The first-order valence-electron chi connectivity index (χ1n) is 9.72. The lowest BCUT2D eigenvalue weighted by Gasteiger charge is -2.17. The number of nitrogens with one attached hydrogen (secondary N) is 2. The minimum atomic E-state index is -2.60. The first-order valence-corrected chi connectivity index (χ1v) is 8.59. The fourth-order valence-electron chi connectivity index (χ4n) is 2.74. The minimum Gasteiger partial charge on any atom is -0.494 e. The maximum absolute atomic E-state index is 12.1. The van der Waals surface area contributed by atoms with E-state index in [2.05, 4.69) is 25.7 Å². The van der Waals surface area contributed by atoms with Crippen LogP contribution in [0.2, 0.25) is 5.15 Å². The number of amides is 1. The average molecular weight is 405 g/mol. The number of aromatic nitrogens is 5. The molecule has 3 aromatic rings. The number of anilines is 2. The third-order valence-electron chi connectivity index (χ3n) is 4.00. The zero-order chi connectivity index (χ0) is 22.8. The Hall–Kier alpha value is -3.20. The number of hydrogen-bond acceptors (Lipinski definition) is 7. The van der Waals surface area contributed by atoms with Gasteiger partial charge in [0.15, 0.2) is 10.9 Å². The fraction of sp³-hybridized carbons (Fsp3) is 0.278. The standard InChI is InChI=1S/C18H20ClN7O2/c1-10-5-6-11(18(28-4)17(10)14-9-21-26(3)25-14)22-12-7-15(19)24-23-13(12)8-16(27)20-2/h5-7,9H,8H2,1-4H3,(H,20,27)(H,22,24)/i2D3. The summed E-state index contributed by atoms with van der Waals surface area (Å²) in [7, 11) is 3.25. The van der Waals surface area contributed by atoms with Crippen LogP contribution < -0.4 is 15.4 Å². The highest BCUT2D eigenvalue weighted by Crippen LogP contribution is 2.39. The SMILES string of the molecule is [2H]C([2H])([2H])NC(=O)Cc1nnc(Cl)cc1Nc1ccc(C)c(-c2cnn(C)n2)c1OC. The molecule has 146 valence electrons. The van der Waals surface area contributed by atoms with Gasteiger partial charge in [-0.3, -0.25) is 4.79 Å². The Morgan fingerprint density at radius 2 is 2.18 bits per heavy atom. The van der Waals surface area contributed by atoms with Gasteiger partial charge in [-0.25, -0.2) is 0 Å². The molecule has 28 heavy (non-hydrogen) atoms. The summed E-state index contributed by atoms with van der Waals surface area (Å²) >= 11 is 6.00. The summed E-state index contributed by atoms with van der Waals surface area (Å²) in [6, 6.07) is 5.18. The molecular weight excluding hydrogens is 382 g/mol. The van der Waals surface area contributed by atoms with Crippen molar-refractivity contribution in [2.45, 2.75) is 13.3 Å². The highest BCUT2D eigenvalue weighted by atomic mass is 35.5. The lowest BCUT2D eigenvalue weighted by Crippen LogP contribution is -2.21. The Balaban J connectivity index is 1.99. The van der Waals surface area contributed by atoms with Gasteiger partial charge in [-0.1, -0.05) is 17.7 Å². The Labute approximate surface area is 171 Å². The number of rotatable bonds is 6. The number of likely N-dealkylation sites (N-methyl/N-ethyl adjacent to an activating group) is 1. The number of carbonyl (C=O) groups is 1. The Bertz CT molecular complexity index is 1120. The van der Waals surface area contributed by atoms with E-state index < -0.39 is 12.9 Å². The molecule has 0 bridgehead atoms. The number of hydrogen-bond donors (Lipinski definition) is 2. The first kappa shape index (κ1) is 15.8. The van der Waals surface area contributed by atoms with Crippen LogP contribution in [0.25, 0.3) is 11.3 Å². The van der Waals surface area contributed by atoms with Gasteiger partial charge in [0.05, 0.1) is 42.4 Å². The molecule has 10 heteroatoms. The first-order chi connectivity index (χ1) is 14.6. The zero-order valence-corrected chi connectivity index (χ0v) is 16.2. The topological polar surface area (TPSA) is 107 Å². The number of benzene rings is 1. The van der Waals surface area contributed by atoms with Crippen molar-refractivity contribution in [3.05, 3.63) is 40.8 Å². The molecular formula is C18H20ClN7O2. The maximum Gasteiger partial charge on any atom is 0.225 e. The van der Waals surface area contributed by atoms with Crippen LogP contribution in [0.3, 0.4) is 0 Å². The lowest BCUT2D eigenvalue weighted by molar-refractivity contribution is -0.120. The smallest absolute Gasteiger partial charge is 0.225 e. The van der Waals surface area contributed by atoms with Gasteiger partial charge in [0.25, 0.3) is 0 Å². The lowest BCUT2D eigenvalue weighted by atomic mass is 10.0. The van der Waals surface area contributed by atoms with Gasteiger partial charge < -0.3 is 15.4 Å². The predicted octanol–water partition coefficient (Wildman–Crippen LogP) is 2.27. The van der Waals surface area contributed by atoms with Crippen LogP contribution in [-0.2, 0) is 18.3 Å². The normalized spacial score (nSPS) is 12.6. The summed E-state index contributed by atoms with van der Waals surface area (Å²) < 4.78 is 27.2. The second-order valence-electron chi connectivity index (χ2n) is 5.93. The van der Waals surface area contributed by atoms with Gasteiger partial charge >= 0.3 is 0 Å². The molecule has 2 N–H and O–H groups in total. The minimum absolute atomic E-state index is 0.0997. The van der Waals surface area contributed by atoms with Gasteiger partial charge in [-0.2, -0.15) is 20.1 Å². The number of carbonyl (C=O) groups excluding carboxylic acids is 1. The van der Waals surface area contributed by atoms with Crippen molar-refractivity contribution < 1.29 is 13.6 Å². The van der Waals surface area contributed by atoms with E-state index in [0.717, 1.165) is 11.1 Å². The molecule has 2 heterocycles. The van der Waals surface area contributed by atoms with Crippen molar-refractivity contribution in [3.8, 4) is 17.0 Å². The molecule has 3 rings (SSSR count). The molecule has 0 radical (unpaired) electrons. The number of ether oxygens (including phenoxy) is 1. The third kappa shape index (κ3) is 4.04. The van der Waals surface area contributed by atoms with Crippen LogP contribution in [0.1, 0.15) is 15.4 Å². The number of methoxy groups -OCH3 is 1. The van der Waals surface area contributed by atoms with Crippen LogP contribution in [0.5, 0.6) is 5.75 Å². The van der Waals surface area contributed by atoms with Crippen molar-refractivity contribution >= 4 is 28.9 Å². The highest BCUT2D eigenvalue weighted by Gasteiger charge is 2.19. The quantitative estimate of drug-likeness (QED) is 0.648. The number of aryl methyl sites for hydroxylation is 2. The summed E-state index contributed by atoms with van der Waals surface area (Å²) in [5.41, 5.74) is 3.46. The van der Waals surface area contributed by atoms with Gasteiger partial charge in [-0.15, -0.1) is 5.10 Å². The molecule has 0 aliphatic heterocycles. The summed E-state index contributed by atoms with van der Waals surface area (Å²) in [4.78, 5) is 13.5. The average Bonchev–Trinajstić information content (AvgIpc) is 3.09. The summed E-state index contributed by atoms with van der Waals surface area (Å²) in [5.74, 6) is -0.220. The molecule has 0 unspecified atom stereocenters. The van der Waals surface area contributed by atoms with Crippen molar-refractivity contribution in [3.63, 3.8) is 0 Å². The van der Waals surface area contributed by atoms with Crippen LogP contribution in [-0.4, -0.2) is 45.2 Å². The highest BCUT2D eigenvalue weighted by molar-refractivity contribution is 6.29. The van der Waals surface area contributed by atoms with Crippen molar-refractivity contribution in [1.82, 2.24) is 30.5 Å². The van der Waals surface area contributed by atoms with E-state index in [1.54, 1.807) is 19.3 Å². The van der Waals surface area contributed by atoms with E-state index in [9.17, 15) is 4.79 Å². The van der Waals surface area contributed by atoms with Gasteiger partial charge in [0, 0.05) is 24.2 Å². The fourth-order valence-corrected chi connectivity index (χ4v) is 2.89.